The molecule has 0 saturated heterocycles. The molecular formula is C17H34NNaO3. The summed E-state index contributed by atoms with van der Waals surface area (Å²) in [4.78, 5) is 22.4. The Bertz CT molecular complexity index is 273. The van der Waals surface area contributed by atoms with E-state index in [0.29, 0.717) is 6.42 Å². The van der Waals surface area contributed by atoms with Gasteiger partial charge in [-0.2, -0.15) is 0 Å². The molecule has 0 spiro atoms. The van der Waals surface area contributed by atoms with E-state index in [1.807, 2.05) is 0 Å². The van der Waals surface area contributed by atoms with Crippen molar-refractivity contribution in [1.29, 1.82) is 0 Å². The number of likely N-dealkylation sites (N-methyl/N-ethyl adjacent to an activating group) is 1. The van der Waals surface area contributed by atoms with Gasteiger partial charge in [0.15, 0.2) is 0 Å². The number of unbranched alkanes of at least 4 members (excludes halogenated alkanes) is 10. The standard InChI is InChI=1S/C17H33NO3.Na.H/c1-3-4-5-6-7-8-9-10-11-12-13-14-16(19)21-17(20)15-18-2;;/h18H,3-15H2,1-2H3;;. The van der Waals surface area contributed by atoms with E-state index in [2.05, 4.69) is 17.0 Å². The number of ether oxygens (including phenoxy) is 1. The fraction of sp³-hybridized carbons (Fsp3) is 0.882. The first kappa shape index (κ1) is 24.4. The molecular weight excluding hydrogens is 289 g/mol. The van der Waals surface area contributed by atoms with Crippen LogP contribution in [-0.2, 0) is 14.3 Å². The molecule has 0 bridgehead atoms. The van der Waals surface area contributed by atoms with E-state index < -0.39 is 11.9 Å². The van der Waals surface area contributed by atoms with Crippen LogP contribution in [-0.4, -0.2) is 55.1 Å². The number of rotatable bonds is 14. The molecule has 0 aliphatic rings. The number of esters is 2. The van der Waals surface area contributed by atoms with Crippen molar-refractivity contribution in [3.63, 3.8) is 0 Å². The summed E-state index contributed by atoms with van der Waals surface area (Å²) < 4.78 is 4.64. The Labute approximate surface area is 158 Å². The molecule has 0 amide bonds. The van der Waals surface area contributed by atoms with Crippen LogP contribution in [0.1, 0.15) is 84.0 Å². The van der Waals surface area contributed by atoms with Crippen LogP contribution in [0.2, 0.25) is 0 Å². The third-order valence-electron chi connectivity index (χ3n) is 3.53. The van der Waals surface area contributed by atoms with E-state index in [-0.39, 0.29) is 36.1 Å². The second-order valence-electron chi connectivity index (χ2n) is 5.66. The van der Waals surface area contributed by atoms with Gasteiger partial charge in [-0.1, -0.05) is 71.1 Å². The molecule has 0 aromatic rings. The van der Waals surface area contributed by atoms with Crippen LogP contribution in [0.3, 0.4) is 0 Å². The van der Waals surface area contributed by atoms with Gasteiger partial charge in [-0.15, -0.1) is 0 Å². The summed E-state index contributed by atoms with van der Waals surface area (Å²) in [6, 6.07) is 0. The number of carbonyl (C=O) groups excluding carboxylic acids is 2. The monoisotopic (exact) mass is 323 g/mol. The first-order valence-corrected chi connectivity index (χ1v) is 8.58. The molecule has 5 heteroatoms. The molecule has 0 unspecified atom stereocenters. The van der Waals surface area contributed by atoms with Crippen molar-refractivity contribution >= 4 is 41.5 Å². The zero-order chi connectivity index (χ0) is 15.8. The Morgan fingerprint density at radius 2 is 1.23 bits per heavy atom. The second kappa shape index (κ2) is 19.1. The van der Waals surface area contributed by atoms with Crippen LogP contribution in [0.4, 0.5) is 0 Å². The summed E-state index contributed by atoms with van der Waals surface area (Å²) in [6.45, 7) is 2.33. The first-order chi connectivity index (χ1) is 10.2. The quantitative estimate of drug-likeness (QED) is 0.231. The van der Waals surface area contributed by atoms with E-state index in [4.69, 9.17) is 0 Å². The van der Waals surface area contributed by atoms with Gasteiger partial charge in [-0.05, 0) is 13.5 Å². The zero-order valence-electron chi connectivity index (χ0n) is 13.9. The van der Waals surface area contributed by atoms with Gasteiger partial charge < -0.3 is 10.1 Å². The average molecular weight is 323 g/mol. The summed E-state index contributed by atoms with van der Waals surface area (Å²) in [5, 5.41) is 2.66. The summed E-state index contributed by atoms with van der Waals surface area (Å²) in [5.74, 6) is -0.892. The minimum absolute atomic E-state index is 0. The van der Waals surface area contributed by atoms with Crippen molar-refractivity contribution in [3.8, 4) is 0 Å². The maximum absolute atomic E-state index is 11.3. The normalized spacial score (nSPS) is 10.1. The van der Waals surface area contributed by atoms with Gasteiger partial charge in [-0.3, -0.25) is 9.59 Å². The van der Waals surface area contributed by atoms with Crippen LogP contribution < -0.4 is 5.32 Å². The van der Waals surface area contributed by atoms with Gasteiger partial charge in [0, 0.05) is 6.42 Å². The van der Waals surface area contributed by atoms with Crippen molar-refractivity contribution in [2.75, 3.05) is 13.6 Å². The molecule has 22 heavy (non-hydrogen) atoms. The Hall–Kier alpha value is 0.1000. The van der Waals surface area contributed by atoms with Crippen molar-refractivity contribution in [3.05, 3.63) is 0 Å². The van der Waals surface area contributed by atoms with Gasteiger partial charge in [0.2, 0.25) is 0 Å². The topological polar surface area (TPSA) is 55.4 Å². The molecule has 0 atom stereocenters. The summed E-state index contributed by atoms with van der Waals surface area (Å²) in [6.07, 6.45) is 14.1. The molecule has 0 saturated carbocycles. The fourth-order valence-electron chi connectivity index (χ4n) is 2.29. The summed E-state index contributed by atoms with van der Waals surface area (Å²) >= 11 is 0. The fourth-order valence-corrected chi connectivity index (χ4v) is 2.29. The van der Waals surface area contributed by atoms with E-state index in [0.717, 1.165) is 12.8 Å². The zero-order valence-corrected chi connectivity index (χ0v) is 13.9. The van der Waals surface area contributed by atoms with Crippen molar-refractivity contribution in [1.82, 2.24) is 5.32 Å². The van der Waals surface area contributed by atoms with Crippen molar-refractivity contribution in [2.24, 2.45) is 0 Å². The molecule has 0 aliphatic carbocycles. The molecule has 126 valence electrons. The van der Waals surface area contributed by atoms with Crippen molar-refractivity contribution in [2.45, 2.75) is 84.0 Å². The third kappa shape index (κ3) is 18.1. The Morgan fingerprint density at radius 3 is 1.68 bits per heavy atom. The number of hydrogen-bond acceptors (Lipinski definition) is 4. The second-order valence-corrected chi connectivity index (χ2v) is 5.66. The van der Waals surface area contributed by atoms with Gasteiger partial charge in [0.1, 0.15) is 0 Å². The van der Waals surface area contributed by atoms with Crippen LogP contribution in [0.5, 0.6) is 0 Å². The molecule has 0 heterocycles. The average Bonchev–Trinajstić information content (AvgIpc) is 2.45. The van der Waals surface area contributed by atoms with E-state index >= 15 is 0 Å². The molecule has 0 aromatic carbocycles. The van der Waals surface area contributed by atoms with E-state index in [1.54, 1.807) is 7.05 Å². The van der Waals surface area contributed by atoms with Gasteiger partial charge >= 0.3 is 41.5 Å². The molecule has 0 rings (SSSR count). The van der Waals surface area contributed by atoms with Crippen LogP contribution >= 0.6 is 0 Å². The van der Waals surface area contributed by atoms with Gasteiger partial charge in [0.25, 0.3) is 0 Å². The number of carbonyl (C=O) groups is 2. The Kier molecular flexibility index (Phi) is 21.2. The van der Waals surface area contributed by atoms with Crippen molar-refractivity contribution < 1.29 is 14.3 Å². The predicted octanol–water partition coefficient (Wildman–Crippen LogP) is 3.33. The molecule has 0 aromatic heterocycles. The molecule has 0 fully saturated rings. The Balaban J connectivity index is 0. The number of hydrogen-bond donors (Lipinski definition) is 1. The first-order valence-electron chi connectivity index (χ1n) is 8.58. The summed E-state index contributed by atoms with van der Waals surface area (Å²) in [5.41, 5.74) is 0. The van der Waals surface area contributed by atoms with Crippen LogP contribution in [0.15, 0.2) is 0 Å². The molecule has 1 N–H and O–H groups in total. The predicted molar refractivity (Wildman–Crippen MR) is 93.3 cm³/mol. The molecule has 0 radical (unpaired) electrons. The van der Waals surface area contributed by atoms with Crippen LogP contribution in [0, 0.1) is 0 Å². The maximum atomic E-state index is 11.3. The van der Waals surface area contributed by atoms with Crippen LogP contribution in [0.25, 0.3) is 0 Å². The number of nitrogens with one attached hydrogen (secondary N) is 1. The van der Waals surface area contributed by atoms with E-state index in [1.165, 1.54) is 57.8 Å². The Morgan fingerprint density at radius 1 is 0.773 bits per heavy atom. The third-order valence-corrected chi connectivity index (χ3v) is 3.53. The summed E-state index contributed by atoms with van der Waals surface area (Å²) in [7, 11) is 1.65. The van der Waals surface area contributed by atoms with Gasteiger partial charge in [0.05, 0.1) is 6.54 Å². The minimum atomic E-state index is -0.495. The molecule has 0 aliphatic heterocycles. The van der Waals surface area contributed by atoms with E-state index in [9.17, 15) is 9.59 Å². The molecule has 4 nitrogen and oxygen atoms in total. The van der Waals surface area contributed by atoms with Gasteiger partial charge in [-0.25, -0.2) is 0 Å². The SMILES string of the molecule is CCCCCCCCCCCCCC(=O)OC(=O)CNC.[NaH].